The fraction of sp³-hybridized carbons (Fsp3) is 0.167. The van der Waals surface area contributed by atoms with E-state index in [9.17, 15) is 9.59 Å². The van der Waals surface area contributed by atoms with Gasteiger partial charge in [0.25, 0.3) is 0 Å². The van der Waals surface area contributed by atoms with Crippen LogP contribution in [0.25, 0.3) is 0 Å². The van der Waals surface area contributed by atoms with Crippen molar-refractivity contribution in [2.24, 2.45) is 0 Å². The van der Waals surface area contributed by atoms with Gasteiger partial charge in [-0.05, 0) is 54.1 Å². The summed E-state index contributed by atoms with van der Waals surface area (Å²) in [4.78, 5) is 24.2. The van der Waals surface area contributed by atoms with Gasteiger partial charge >= 0.3 is 0 Å². The first-order valence-corrected chi connectivity index (χ1v) is 9.57. The molecule has 3 rings (SSSR count). The molecule has 6 nitrogen and oxygen atoms in total. The first-order chi connectivity index (χ1) is 14.5. The van der Waals surface area contributed by atoms with E-state index in [1.54, 1.807) is 43.5 Å². The highest BCUT2D eigenvalue weighted by Gasteiger charge is 2.17. The molecule has 2 amide bonds. The van der Waals surface area contributed by atoms with Crippen molar-refractivity contribution in [1.29, 1.82) is 0 Å². The van der Waals surface area contributed by atoms with Gasteiger partial charge < -0.3 is 20.1 Å². The standard InChI is InChI=1S/C24H24N2O4/c1-17(27)25-23(18-8-12-20(29-2)13-9-18)16-24(28)26-19-10-14-22(15-11-19)30-21-6-4-3-5-7-21/h3-15,23H,16H2,1-2H3,(H,25,27)(H,26,28)/t23-/m0/s1. The lowest BCUT2D eigenvalue weighted by Crippen LogP contribution is -2.29. The molecule has 0 bridgehead atoms. The van der Waals surface area contributed by atoms with Crippen molar-refractivity contribution in [2.45, 2.75) is 19.4 Å². The first kappa shape index (κ1) is 20.9. The van der Waals surface area contributed by atoms with Gasteiger partial charge in [0, 0.05) is 12.6 Å². The minimum atomic E-state index is -0.436. The Labute approximate surface area is 175 Å². The Kier molecular flexibility index (Phi) is 7.05. The lowest BCUT2D eigenvalue weighted by Gasteiger charge is -2.18. The van der Waals surface area contributed by atoms with Crippen molar-refractivity contribution in [3.63, 3.8) is 0 Å². The molecule has 0 aromatic heterocycles. The first-order valence-electron chi connectivity index (χ1n) is 9.57. The zero-order chi connectivity index (χ0) is 21.3. The number of carbonyl (C=O) groups is 2. The van der Waals surface area contributed by atoms with Crippen molar-refractivity contribution in [2.75, 3.05) is 12.4 Å². The lowest BCUT2D eigenvalue weighted by atomic mass is 10.0. The number of rotatable bonds is 8. The molecule has 0 saturated carbocycles. The number of anilines is 1. The van der Waals surface area contributed by atoms with Gasteiger partial charge in [-0.2, -0.15) is 0 Å². The van der Waals surface area contributed by atoms with Crippen LogP contribution in [-0.4, -0.2) is 18.9 Å². The van der Waals surface area contributed by atoms with Crippen LogP contribution in [0.4, 0.5) is 5.69 Å². The average molecular weight is 404 g/mol. The molecule has 3 aromatic carbocycles. The molecule has 0 aliphatic carbocycles. The molecular weight excluding hydrogens is 380 g/mol. The van der Waals surface area contributed by atoms with Crippen LogP contribution in [0.1, 0.15) is 24.9 Å². The largest absolute Gasteiger partial charge is 0.497 e. The summed E-state index contributed by atoms with van der Waals surface area (Å²) in [6.45, 7) is 1.43. The summed E-state index contributed by atoms with van der Waals surface area (Å²) in [7, 11) is 1.59. The van der Waals surface area contributed by atoms with Gasteiger partial charge in [-0.1, -0.05) is 30.3 Å². The maximum Gasteiger partial charge on any atom is 0.226 e. The highest BCUT2D eigenvalue weighted by molar-refractivity contribution is 5.91. The molecule has 3 aromatic rings. The Morgan fingerprint density at radius 3 is 2.03 bits per heavy atom. The third kappa shape index (κ3) is 6.10. The number of amides is 2. The SMILES string of the molecule is COc1ccc([C@H](CC(=O)Nc2ccc(Oc3ccccc3)cc2)NC(C)=O)cc1. The molecule has 0 saturated heterocycles. The Bertz CT molecular complexity index is 970. The van der Waals surface area contributed by atoms with Crippen molar-refractivity contribution in [3.05, 3.63) is 84.4 Å². The molecular formula is C24H24N2O4. The normalized spacial score (nSPS) is 11.3. The summed E-state index contributed by atoms with van der Waals surface area (Å²) in [6.07, 6.45) is 0.105. The summed E-state index contributed by atoms with van der Waals surface area (Å²) < 4.78 is 10.9. The van der Waals surface area contributed by atoms with Gasteiger partial charge in [-0.15, -0.1) is 0 Å². The smallest absolute Gasteiger partial charge is 0.226 e. The molecule has 0 aliphatic rings. The minimum Gasteiger partial charge on any atom is -0.497 e. The fourth-order valence-electron chi connectivity index (χ4n) is 2.96. The van der Waals surface area contributed by atoms with E-state index in [1.165, 1.54) is 6.92 Å². The van der Waals surface area contributed by atoms with Gasteiger partial charge in [0.05, 0.1) is 19.6 Å². The molecule has 154 valence electrons. The Morgan fingerprint density at radius 1 is 0.833 bits per heavy atom. The van der Waals surface area contributed by atoms with Crippen LogP contribution in [0.15, 0.2) is 78.9 Å². The Morgan fingerprint density at radius 2 is 1.43 bits per heavy atom. The second kappa shape index (κ2) is 10.1. The summed E-state index contributed by atoms with van der Waals surface area (Å²) in [6, 6.07) is 23.4. The quantitative estimate of drug-likeness (QED) is 0.571. The van der Waals surface area contributed by atoms with E-state index in [1.807, 2.05) is 42.5 Å². The van der Waals surface area contributed by atoms with Crippen LogP contribution >= 0.6 is 0 Å². The highest BCUT2D eigenvalue weighted by atomic mass is 16.5. The average Bonchev–Trinajstić information content (AvgIpc) is 2.75. The van der Waals surface area contributed by atoms with Crippen LogP contribution in [0, 0.1) is 0 Å². The number of carbonyl (C=O) groups excluding carboxylic acids is 2. The van der Waals surface area contributed by atoms with E-state index in [-0.39, 0.29) is 18.2 Å². The van der Waals surface area contributed by atoms with Gasteiger partial charge in [0.2, 0.25) is 11.8 Å². The molecule has 30 heavy (non-hydrogen) atoms. The molecule has 0 aliphatic heterocycles. The predicted molar refractivity (Wildman–Crippen MR) is 116 cm³/mol. The Balaban J connectivity index is 1.62. The van der Waals surface area contributed by atoms with Gasteiger partial charge in [0.1, 0.15) is 17.2 Å². The summed E-state index contributed by atoms with van der Waals surface area (Å²) in [5, 5.41) is 5.68. The van der Waals surface area contributed by atoms with Crippen LogP contribution in [0.2, 0.25) is 0 Å². The van der Waals surface area contributed by atoms with Crippen LogP contribution in [0.3, 0.4) is 0 Å². The number of nitrogens with one attached hydrogen (secondary N) is 2. The molecule has 0 fully saturated rings. The number of methoxy groups -OCH3 is 1. The molecule has 6 heteroatoms. The van der Waals surface area contributed by atoms with Crippen molar-refractivity contribution < 1.29 is 19.1 Å². The number of benzene rings is 3. The number of para-hydroxylation sites is 1. The summed E-state index contributed by atoms with van der Waals surface area (Å²) >= 11 is 0. The fourth-order valence-corrected chi connectivity index (χ4v) is 2.96. The second-order valence-electron chi connectivity index (χ2n) is 6.72. The monoisotopic (exact) mass is 404 g/mol. The van der Waals surface area contributed by atoms with E-state index in [0.717, 1.165) is 11.3 Å². The molecule has 0 unspecified atom stereocenters. The van der Waals surface area contributed by atoms with Gasteiger partial charge in [-0.3, -0.25) is 9.59 Å². The molecule has 1 atom stereocenters. The van der Waals surface area contributed by atoms with E-state index in [2.05, 4.69) is 10.6 Å². The third-order valence-corrected chi connectivity index (χ3v) is 4.40. The van der Waals surface area contributed by atoms with Crippen molar-refractivity contribution in [1.82, 2.24) is 5.32 Å². The Hall–Kier alpha value is -3.80. The van der Waals surface area contributed by atoms with Crippen molar-refractivity contribution >= 4 is 17.5 Å². The van der Waals surface area contributed by atoms with Crippen molar-refractivity contribution in [3.8, 4) is 17.2 Å². The maximum atomic E-state index is 12.6. The molecule has 0 heterocycles. The van der Waals surface area contributed by atoms with E-state index >= 15 is 0 Å². The van der Waals surface area contributed by atoms with E-state index in [0.29, 0.717) is 17.2 Å². The summed E-state index contributed by atoms with van der Waals surface area (Å²) in [5.41, 5.74) is 1.48. The minimum absolute atomic E-state index is 0.105. The number of hydrogen-bond donors (Lipinski definition) is 2. The topological polar surface area (TPSA) is 76.7 Å². The maximum absolute atomic E-state index is 12.6. The molecule has 0 radical (unpaired) electrons. The zero-order valence-electron chi connectivity index (χ0n) is 16.9. The predicted octanol–water partition coefficient (Wildman–Crippen LogP) is 4.69. The second-order valence-corrected chi connectivity index (χ2v) is 6.72. The number of hydrogen-bond acceptors (Lipinski definition) is 4. The molecule has 0 spiro atoms. The van der Waals surface area contributed by atoms with Gasteiger partial charge in [-0.25, -0.2) is 0 Å². The molecule has 2 N–H and O–H groups in total. The van der Waals surface area contributed by atoms with E-state index in [4.69, 9.17) is 9.47 Å². The van der Waals surface area contributed by atoms with Gasteiger partial charge in [0.15, 0.2) is 0 Å². The van der Waals surface area contributed by atoms with Crippen LogP contribution < -0.4 is 20.1 Å². The number of ether oxygens (including phenoxy) is 2. The summed E-state index contributed by atoms with van der Waals surface area (Å²) in [5.74, 6) is 1.72. The van der Waals surface area contributed by atoms with Crippen LogP contribution in [0.5, 0.6) is 17.2 Å². The highest BCUT2D eigenvalue weighted by Crippen LogP contribution is 2.24. The van der Waals surface area contributed by atoms with Crippen LogP contribution in [-0.2, 0) is 9.59 Å². The third-order valence-electron chi connectivity index (χ3n) is 4.40. The zero-order valence-corrected chi connectivity index (χ0v) is 16.9. The van der Waals surface area contributed by atoms with E-state index < -0.39 is 6.04 Å². The lowest BCUT2D eigenvalue weighted by molar-refractivity contribution is -0.120.